The molecule has 1 aliphatic rings. The number of aromatic nitrogens is 3. The molecular weight excluding hydrogens is 214 g/mol. The van der Waals surface area contributed by atoms with Crippen molar-refractivity contribution in [3.63, 3.8) is 0 Å². The SMILES string of the molecule is CC1CCCC(C(Cc2cn(C)nn2)NN)C1. The molecule has 0 amide bonds. The second-order valence-electron chi connectivity index (χ2n) is 5.39. The van der Waals surface area contributed by atoms with Crippen molar-refractivity contribution in [2.75, 3.05) is 0 Å². The van der Waals surface area contributed by atoms with Crippen LogP contribution in [0.5, 0.6) is 0 Å². The minimum absolute atomic E-state index is 0.328. The first kappa shape index (κ1) is 12.5. The summed E-state index contributed by atoms with van der Waals surface area (Å²) in [5, 5.41) is 8.10. The molecule has 0 radical (unpaired) electrons. The third kappa shape index (κ3) is 3.26. The summed E-state index contributed by atoms with van der Waals surface area (Å²) in [6, 6.07) is 0.328. The zero-order valence-corrected chi connectivity index (χ0v) is 10.8. The molecule has 3 atom stereocenters. The van der Waals surface area contributed by atoms with Gasteiger partial charge in [-0.3, -0.25) is 16.0 Å². The van der Waals surface area contributed by atoms with Gasteiger partial charge in [-0.15, -0.1) is 5.10 Å². The van der Waals surface area contributed by atoms with Crippen molar-refractivity contribution >= 4 is 0 Å². The predicted octanol–water partition coefficient (Wildman–Crippen LogP) is 1.02. The summed E-state index contributed by atoms with van der Waals surface area (Å²) in [5.74, 6) is 7.20. The van der Waals surface area contributed by atoms with Crippen molar-refractivity contribution in [3.05, 3.63) is 11.9 Å². The zero-order valence-electron chi connectivity index (χ0n) is 10.8. The van der Waals surface area contributed by atoms with E-state index < -0.39 is 0 Å². The van der Waals surface area contributed by atoms with E-state index in [0.29, 0.717) is 12.0 Å². The van der Waals surface area contributed by atoms with Gasteiger partial charge in [0.25, 0.3) is 0 Å². The van der Waals surface area contributed by atoms with Gasteiger partial charge in [-0.05, 0) is 24.7 Å². The quantitative estimate of drug-likeness (QED) is 0.606. The molecule has 1 fully saturated rings. The monoisotopic (exact) mass is 237 g/mol. The van der Waals surface area contributed by atoms with Gasteiger partial charge in [-0.1, -0.05) is 25.0 Å². The van der Waals surface area contributed by atoms with Gasteiger partial charge in [0.15, 0.2) is 0 Å². The van der Waals surface area contributed by atoms with Gasteiger partial charge >= 0.3 is 0 Å². The highest BCUT2D eigenvalue weighted by molar-refractivity contribution is 4.97. The number of aryl methyl sites for hydroxylation is 1. The lowest BCUT2D eigenvalue weighted by atomic mass is 9.77. The van der Waals surface area contributed by atoms with E-state index >= 15 is 0 Å². The minimum atomic E-state index is 0.328. The van der Waals surface area contributed by atoms with E-state index in [0.717, 1.165) is 18.0 Å². The predicted molar refractivity (Wildman–Crippen MR) is 66.9 cm³/mol. The van der Waals surface area contributed by atoms with Crippen LogP contribution < -0.4 is 11.3 Å². The van der Waals surface area contributed by atoms with Crippen molar-refractivity contribution in [1.82, 2.24) is 20.4 Å². The summed E-state index contributed by atoms with van der Waals surface area (Å²) < 4.78 is 1.74. The maximum Gasteiger partial charge on any atom is 0.0843 e. The molecule has 5 heteroatoms. The molecule has 2 rings (SSSR count). The van der Waals surface area contributed by atoms with Crippen molar-refractivity contribution in [2.24, 2.45) is 24.7 Å². The van der Waals surface area contributed by atoms with E-state index in [9.17, 15) is 0 Å². The van der Waals surface area contributed by atoms with Gasteiger partial charge in [0.1, 0.15) is 0 Å². The molecule has 0 bridgehead atoms. The minimum Gasteiger partial charge on any atom is -0.271 e. The van der Waals surface area contributed by atoms with E-state index in [4.69, 9.17) is 5.84 Å². The molecule has 0 saturated heterocycles. The van der Waals surface area contributed by atoms with E-state index in [1.54, 1.807) is 4.68 Å². The lowest BCUT2D eigenvalue weighted by Gasteiger charge is -2.32. The van der Waals surface area contributed by atoms with Gasteiger partial charge in [-0.2, -0.15) is 0 Å². The molecule has 1 aliphatic carbocycles. The Morgan fingerprint density at radius 2 is 2.41 bits per heavy atom. The number of rotatable bonds is 4. The number of hydrazine groups is 1. The summed E-state index contributed by atoms with van der Waals surface area (Å²) in [7, 11) is 1.89. The highest BCUT2D eigenvalue weighted by Gasteiger charge is 2.26. The summed E-state index contributed by atoms with van der Waals surface area (Å²) in [4.78, 5) is 0. The first-order valence-electron chi connectivity index (χ1n) is 6.50. The Morgan fingerprint density at radius 1 is 1.59 bits per heavy atom. The fourth-order valence-corrected chi connectivity index (χ4v) is 2.92. The van der Waals surface area contributed by atoms with Crippen molar-refractivity contribution in [1.29, 1.82) is 0 Å². The van der Waals surface area contributed by atoms with Crippen LogP contribution in [0.3, 0.4) is 0 Å². The molecule has 3 N–H and O–H groups in total. The first-order chi connectivity index (χ1) is 8.19. The van der Waals surface area contributed by atoms with Gasteiger partial charge in [-0.25, -0.2) is 0 Å². The summed E-state index contributed by atoms with van der Waals surface area (Å²) in [5.41, 5.74) is 3.99. The molecular formula is C12H23N5. The molecule has 0 aliphatic heterocycles. The molecule has 3 unspecified atom stereocenters. The molecule has 0 spiro atoms. The van der Waals surface area contributed by atoms with Crippen LogP contribution in [0.4, 0.5) is 0 Å². The van der Waals surface area contributed by atoms with Crippen LogP contribution >= 0.6 is 0 Å². The number of hydrogen-bond acceptors (Lipinski definition) is 4. The second-order valence-corrected chi connectivity index (χ2v) is 5.39. The Labute approximate surface area is 103 Å². The Kier molecular flexibility index (Phi) is 4.12. The van der Waals surface area contributed by atoms with Gasteiger partial charge in [0, 0.05) is 25.7 Å². The van der Waals surface area contributed by atoms with Crippen molar-refractivity contribution in [3.8, 4) is 0 Å². The van der Waals surface area contributed by atoms with Crippen LogP contribution in [0.25, 0.3) is 0 Å². The van der Waals surface area contributed by atoms with Crippen LogP contribution in [0.15, 0.2) is 6.20 Å². The largest absolute Gasteiger partial charge is 0.271 e. The van der Waals surface area contributed by atoms with E-state index in [-0.39, 0.29) is 0 Å². The Balaban J connectivity index is 1.95. The van der Waals surface area contributed by atoms with Crippen molar-refractivity contribution in [2.45, 2.75) is 45.1 Å². The van der Waals surface area contributed by atoms with Gasteiger partial charge < -0.3 is 0 Å². The summed E-state index contributed by atoms with van der Waals surface area (Å²) >= 11 is 0. The third-order valence-electron chi connectivity index (χ3n) is 3.84. The maximum absolute atomic E-state index is 5.70. The number of nitrogens with one attached hydrogen (secondary N) is 1. The summed E-state index contributed by atoms with van der Waals surface area (Å²) in [6.07, 6.45) is 8.08. The van der Waals surface area contributed by atoms with Crippen LogP contribution in [-0.2, 0) is 13.5 Å². The molecule has 0 aromatic carbocycles. The molecule has 1 aromatic rings. The van der Waals surface area contributed by atoms with E-state index in [1.807, 2.05) is 13.2 Å². The van der Waals surface area contributed by atoms with Crippen molar-refractivity contribution < 1.29 is 0 Å². The molecule has 1 heterocycles. The Hall–Kier alpha value is -0.940. The Bertz CT molecular complexity index is 348. The average Bonchev–Trinajstić information content (AvgIpc) is 2.72. The zero-order chi connectivity index (χ0) is 12.3. The summed E-state index contributed by atoms with van der Waals surface area (Å²) in [6.45, 7) is 2.34. The number of nitrogens with zero attached hydrogens (tertiary/aromatic N) is 3. The van der Waals surface area contributed by atoms with Crippen LogP contribution in [0, 0.1) is 11.8 Å². The fraction of sp³-hybridized carbons (Fsp3) is 0.833. The molecule has 5 nitrogen and oxygen atoms in total. The molecule has 1 saturated carbocycles. The number of nitrogens with two attached hydrogens (primary N) is 1. The Morgan fingerprint density at radius 3 is 3.00 bits per heavy atom. The molecule has 96 valence electrons. The standard InChI is InChI=1S/C12H23N5/c1-9-4-3-5-10(6-9)12(14-13)7-11-8-17(2)16-15-11/h8-10,12,14H,3-7,13H2,1-2H3. The number of hydrogen-bond donors (Lipinski definition) is 2. The fourth-order valence-electron chi connectivity index (χ4n) is 2.92. The topological polar surface area (TPSA) is 68.8 Å². The highest BCUT2D eigenvalue weighted by Crippen LogP contribution is 2.31. The van der Waals surface area contributed by atoms with E-state index in [1.165, 1.54) is 25.7 Å². The third-order valence-corrected chi connectivity index (χ3v) is 3.84. The lowest BCUT2D eigenvalue weighted by molar-refractivity contribution is 0.221. The van der Waals surface area contributed by atoms with E-state index in [2.05, 4.69) is 22.7 Å². The van der Waals surface area contributed by atoms with Gasteiger partial charge in [0.05, 0.1) is 5.69 Å². The highest BCUT2D eigenvalue weighted by atomic mass is 15.4. The maximum atomic E-state index is 5.70. The lowest BCUT2D eigenvalue weighted by Crippen LogP contribution is -2.44. The second kappa shape index (κ2) is 5.60. The smallest absolute Gasteiger partial charge is 0.0843 e. The normalized spacial score (nSPS) is 27.0. The first-order valence-corrected chi connectivity index (χ1v) is 6.50. The average molecular weight is 237 g/mol. The van der Waals surface area contributed by atoms with Gasteiger partial charge in [0.2, 0.25) is 0 Å². The van der Waals surface area contributed by atoms with Crippen LogP contribution in [0.1, 0.15) is 38.3 Å². The molecule has 1 aromatic heterocycles. The molecule has 17 heavy (non-hydrogen) atoms. The van der Waals surface area contributed by atoms with Crippen LogP contribution in [-0.4, -0.2) is 21.0 Å². The van der Waals surface area contributed by atoms with Crippen LogP contribution in [0.2, 0.25) is 0 Å².